The number of ether oxygens (including phenoxy) is 1. The van der Waals surface area contributed by atoms with Crippen LogP contribution >= 0.6 is 0 Å². The largest absolute Gasteiger partial charge is 0.497 e. The van der Waals surface area contributed by atoms with Crippen LogP contribution < -0.4 is 4.74 Å². The number of carbonyl (C=O) groups excluding carboxylic acids is 1. The minimum Gasteiger partial charge on any atom is -0.497 e. The van der Waals surface area contributed by atoms with E-state index in [9.17, 15) is 4.79 Å². The van der Waals surface area contributed by atoms with Gasteiger partial charge in [0.15, 0.2) is 0 Å². The average Bonchev–Trinajstić information content (AvgIpc) is 2.27. The lowest BCUT2D eigenvalue weighted by atomic mass is 10.1. The molecule has 0 unspecified atom stereocenters. The van der Waals surface area contributed by atoms with Gasteiger partial charge in [-0.1, -0.05) is 24.3 Å². The first-order valence-corrected chi connectivity index (χ1v) is 4.74. The molecule has 0 aliphatic rings. The minimum absolute atomic E-state index is 0.768. The maximum atomic E-state index is 10.2. The second kappa shape index (κ2) is 5.81. The molecule has 1 aromatic carbocycles. The SMILES string of the molecule is C/C=C\c1cc(OC)ccc1/C=C/C=O. The highest BCUT2D eigenvalue weighted by molar-refractivity contribution is 5.77. The maximum Gasteiger partial charge on any atom is 0.142 e. The van der Waals surface area contributed by atoms with Crippen LogP contribution in [0.4, 0.5) is 0 Å². The Morgan fingerprint density at radius 1 is 1.20 bits per heavy atom. The molecule has 0 bridgehead atoms. The van der Waals surface area contributed by atoms with Gasteiger partial charge in [-0.15, -0.1) is 0 Å². The third-order valence-corrected chi connectivity index (χ3v) is 1.99. The Bertz CT molecular complexity index is 390. The summed E-state index contributed by atoms with van der Waals surface area (Å²) in [4.78, 5) is 10.2. The van der Waals surface area contributed by atoms with Gasteiger partial charge in [-0.25, -0.2) is 0 Å². The molecule has 0 atom stereocenters. The Morgan fingerprint density at radius 2 is 2.00 bits per heavy atom. The van der Waals surface area contributed by atoms with E-state index in [0.29, 0.717) is 0 Å². The molecular formula is C13H14O2. The van der Waals surface area contributed by atoms with Crippen molar-refractivity contribution in [3.8, 4) is 5.75 Å². The monoisotopic (exact) mass is 202 g/mol. The van der Waals surface area contributed by atoms with Crippen molar-refractivity contribution in [2.75, 3.05) is 7.11 Å². The third-order valence-electron chi connectivity index (χ3n) is 1.99. The molecule has 0 aromatic heterocycles. The van der Waals surface area contributed by atoms with Crippen LogP contribution in [0.25, 0.3) is 12.2 Å². The Hall–Kier alpha value is -1.83. The fourth-order valence-corrected chi connectivity index (χ4v) is 1.30. The zero-order valence-corrected chi connectivity index (χ0v) is 8.94. The summed E-state index contributed by atoms with van der Waals surface area (Å²) in [6.45, 7) is 1.95. The summed E-state index contributed by atoms with van der Waals surface area (Å²) in [6.07, 6.45) is 7.96. The van der Waals surface area contributed by atoms with Gasteiger partial charge >= 0.3 is 0 Å². The molecule has 2 heteroatoms. The fourth-order valence-electron chi connectivity index (χ4n) is 1.30. The molecule has 0 aliphatic carbocycles. The van der Waals surface area contributed by atoms with E-state index in [1.165, 1.54) is 6.08 Å². The van der Waals surface area contributed by atoms with Gasteiger partial charge < -0.3 is 4.74 Å². The van der Waals surface area contributed by atoms with Crippen molar-refractivity contribution >= 4 is 18.4 Å². The van der Waals surface area contributed by atoms with E-state index in [1.807, 2.05) is 37.3 Å². The van der Waals surface area contributed by atoms with Crippen LogP contribution in [0.5, 0.6) is 5.75 Å². The normalized spacial score (nSPS) is 11.1. The van der Waals surface area contributed by atoms with Crippen molar-refractivity contribution in [2.24, 2.45) is 0 Å². The van der Waals surface area contributed by atoms with E-state index in [4.69, 9.17) is 4.74 Å². The van der Waals surface area contributed by atoms with Crippen LogP contribution in [0.2, 0.25) is 0 Å². The summed E-state index contributed by atoms with van der Waals surface area (Å²) in [5, 5.41) is 0. The Labute approximate surface area is 89.9 Å². The summed E-state index contributed by atoms with van der Waals surface area (Å²) < 4.78 is 5.13. The molecule has 0 spiro atoms. The quantitative estimate of drug-likeness (QED) is 0.554. The van der Waals surface area contributed by atoms with Crippen molar-refractivity contribution in [1.82, 2.24) is 0 Å². The van der Waals surface area contributed by atoms with Crippen LogP contribution in [0, 0.1) is 0 Å². The molecule has 1 aromatic rings. The van der Waals surface area contributed by atoms with E-state index in [2.05, 4.69) is 0 Å². The Kier molecular flexibility index (Phi) is 4.35. The number of rotatable bonds is 4. The van der Waals surface area contributed by atoms with Gasteiger partial charge in [0.1, 0.15) is 12.0 Å². The zero-order valence-electron chi connectivity index (χ0n) is 8.94. The first kappa shape index (κ1) is 11.2. The number of aldehydes is 1. The average molecular weight is 202 g/mol. The van der Waals surface area contributed by atoms with Crippen LogP contribution in [-0.2, 0) is 4.79 Å². The maximum absolute atomic E-state index is 10.2. The molecule has 0 fully saturated rings. The highest BCUT2D eigenvalue weighted by Gasteiger charge is 1.98. The molecule has 0 saturated heterocycles. The molecule has 0 aliphatic heterocycles. The summed E-state index contributed by atoms with van der Waals surface area (Å²) >= 11 is 0. The molecular weight excluding hydrogens is 188 g/mol. The minimum atomic E-state index is 0.768. The van der Waals surface area contributed by atoms with Gasteiger partial charge in [0.05, 0.1) is 7.11 Å². The van der Waals surface area contributed by atoms with E-state index in [0.717, 1.165) is 23.2 Å². The molecule has 78 valence electrons. The van der Waals surface area contributed by atoms with E-state index in [1.54, 1.807) is 13.2 Å². The Morgan fingerprint density at radius 3 is 2.60 bits per heavy atom. The highest BCUT2D eigenvalue weighted by Crippen LogP contribution is 2.20. The number of allylic oxidation sites excluding steroid dienone is 2. The van der Waals surface area contributed by atoms with Gasteiger partial charge in [0, 0.05) is 0 Å². The van der Waals surface area contributed by atoms with Crippen molar-refractivity contribution < 1.29 is 9.53 Å². The van der Waals surface area contributed by atoms with E-state index in [-0.39, 0.29) is 0 Å². The summed E-state index contributed by atoms with van der Waals surface area (Å²) in [6, 6.07) is 5.73. The smallest absolute Gasteiger partial charge is 0.142 e. The van der Waals surface area contributed by atoms with Crippen LogP contribution in [-0.4, -0.2) is 13.4 Å². The second-order valence-corrected chi connectivity index (χ2v) is 2.99. The predicted molar refractivity (Wildman–Crippen MR) is 62.8 cm³/mol. The van der Waals surface area contributed by atoms with Gasteiger partial charge in [-0.05, 0) is 36.3 Å². The van der Waals surface area contributed by atoms with Crippen LogP contribution in [0.1, 0.15) is 18.1 Å². The van der Waals surface area contributed by atoms with Crippen LogP contribution in [0.3, 0.4) is 0 Å². The summed E-state index contributed by atoms with van der Waals surface area (Å²) in [7, 11) is 1.63. The fraction of sp³-hybridized carbons (Fsp3) is 0.154. The second-order valence-electron chi connectivity index (χ2n) is 2.99. The molecule has 0 heterocycles. The lowest BCUT2D eigenvalue weighted by Gasteiger charge is -2.04. The molecule has 0 radical (unpaired) electrons. The molecule has 15 heavy (non-hydrogen) atoms. The molecule has 1 rings (SSSR count). The summed E-state index contributed by atoms with van der Waals surface area (Å²) in [5.41, 5.74) is 2.04. The topological polar surface area (TPSA) is 26.3 Å². The first-order valence-electron chi connectivity index (χ1n) is 4.74. The van der Waals surface area contributed by atoms with Gasteiger partial charge in [0.2, 0.25) is 0 Å². The van der Waals surface area contributed by atoms with Gasteiger partial charge in [0.25, 0.3) is 0 Å². The summed E-state index contributed by atoms with van der Waals surface area (Å²) in [5.74, 6) is 0.811. The van der Waals surface area contributed by atoms with E-state index >= 15 is 0 Å². The molecule has 0 N–H and O–H groups in total. The standard InChI is InChI=1S/C13H14O2/c1-3-5-12-10-13(15-2)8-7-11(12)6-4-9-14/h3-10H,1-2H3/b5-3-,6-4+. The molecule has 0 amide bonds. The predicted octanol–water partition coefficient (Wildman–Crippen LogP) is 2.94. The Balaban J connectivity index is 3.14. The van der Waals surface area contributed by atoms with Crippen molar-refractivity contribution in [3.63, 3.8) is 0 Å². The lowest BCUT2D eigenvalue weighted by molar-refractivity contribution is -0.104. The third kappa shape index (κ3) is 3.09. The van der Waals surface area contributed by atoms with Crippen molar-refractivity contribution in [3.05, 3.63) is 41.5 Å². The lowest BCUT2D eigenvalue weighted by Crippen LogP contribution is -1.86. The number of benzene rings is 1. The van der Waals surface area contributed by atoms with Gasteiger partial charge in [-0.3, -0.25) is 4.79 Å². The van der Waals surface area contributed by atoms with Gasteiger partial charge in [-0.2, -0.15) is 0 Å². The number of hydrogen-bond donors (Lipinski definition) is 0. The van der Waals surface area contributed by atoms with Crippen LogP contribution in [0.15, 0.2) is 30.4 Å². The van der Waals surface area contributed by atoms with E-state index < -0.39 is 0 Å². The van der Waals surface area contributed by atoms with Crippen molar-refractivity contribution in [2.45, 2.75) is 6.92 Å². The van der Waals surface area contributed by atoms with Crippen molar-refractivity contribution in [1.29, 1.82) is 0 Å². The molecule has 0 saturated carbocycles. The number of methoxy groups -OCH3 is 1. The number of hydrogen-bond acceptors (Lipinski definition) is 2. The number of carbonyl (C=O) groups is 1. The first-order chi connectivity index (χ1) is 7.31. The molecule has 2 nitrogen and oxygen atoms in total. The zero-order chi connectivity index (χ0) is 11.1. The highest BCUT2D eigenvalue weighted by atomic mass is 16.5.